The SMILES string of the molecule is CC(C)CCC(C)(C)c1cc(O)ccc1O. The van der Waals surface area contributed by atoms with Crippen LogP contribution in [0.5, 0.6) is 11.5 Å². The van der Waals surface area contributed by atoms with Crippen LogP contribution in [-0.2, 0) is 5.41 Å². The summed E-state index contributed by atoms with van der Waals surface area (Å²) >= 11 is 0. The number of rotatable bonds is 4. The van der Waals surface area contributed by atoms with E-state index in [4.69, 9.17) is 0 Å². The Kier molecular flexibility index (Phi) is 3.84. The third kappa shape index (κ3) is 3.16. The van der Waals surface area contributed by atoms with E-state index in [2.05, 4.69) is 27.7 Å². The van der Waals surface area contributed by atoms with E-state index in [1.165, 1.54) is 6.07 Å². The molecule has 16 heavy (non-hydrogen) atoms. The molecule has 0 amide bonds. The first-order chi connectivity index (χ1) is 7.33. The fourth-order valence-corrected chi connectivity index (χ4v) is 1.85. The fraction of sp³-hybridized carbons (Fsp3) is 0.571. The summed E-state index contributed by atoms with van der Waals surface area (Å²) in [6, 6.07) is 4.73. The van der Waals surface area contributed by atoms with Gasteiger partial charge in [0.15, 0.2) is 0 Å². The van der Waals surface area contributed by atoms with Crippen molar-refractivity contribution in [1.82, 2.24) is 0 Å². The van der Waals surface area contributed by atoms with Gasteiger partial charge < -0.3 is 10.2 Å². The maximum atomic E-state index is 9.82. The second-order valence-corrected chi connectivity index (χ2v) is 5.52. The minimum Gasteiger partial charge on any atom is -0.508 e. The van der Waals surface area contributed by atoms with Crippen molar-refractivity contribution in [3.8, 4) is 11.5 Å². The van der Waals surface area contributed by atoms with Gasteiger partial charge in [0.1, 0.15) is 11.5 Å². The molecule has 0 radical (unpaired) electrons. The summed E-state index contributed by atoms with van der Waals surface area (Å²) in [7, 11) is 0. The Labute approximate surface area is 97.9 Å². The van der Waals surface area contributed by atoms with E-state index < -0.39 is 0 Å². The molecule has 1 rings (SSSR count). The summed E-state index contributed by atoms with van der Waals surface area (Å²) in [6.45, 7) is 8.59. The molecular weight excluding hydrogens is 200 g/mol. The normalized spacial score (nSPS) is 12.1. The van der Waals surface area contributed by atoms with Crippen molar-refractivity contribution in [3.05, 3.63) is 23.8 Å². The lowest BCUT2D eigenvalue weighted by Crippen LogP contribution is -2.18. The molecule has 0 saturated carbocycles. The van der Waals surface area contributed by atoms with Crippen molar-refractivity contribution in [2.45, 2.75) is 46.0 Å². The molecule has 2 heteroatoms. The van der Waals surface area contributed by atoms with Gasteiger partial charge in [0.2, 0.25) is 0 Å². The molecular formula is C14H22O2. The zero-order chi connectivity index (χ0) is 12.3. The Morgan fingerprint density at radius 3 is 2.38 bits per heavy atom. The minimum absolute atomic E-state index is 0.104. The summed E-state index contributed by atoms with van der Waals surface area (Å²) in [6.07, 6.45) is 2.11. The highest BCUT2D eigenvalue weighted by molar-refractivity contribution is 5.42. The van der Waals surface area contributed by atoms with Crippen LogP contribution in [0.4, 0.5) is 0 Å². The fourth-order valence-electron chi connectivity index (χ4n) is 1.85. The molecule has 1 aromatic rings. The van der Waals surface area contributed by atoms with Crippen molar-refractivity contribution in [1.29, 1.82) is 0 Å². The molecule has 0 saturated heterocycles. The second-order valence-electron chi connectivity index (χ2n) is 5.52. The molecule has 0 aliphatic rings. The van der Waals surface area contributed by atoms with Crippen LogP contribution in [0, 0.1) is 5.92 Å². The van der Waals surface area contributed by atoms with Crippen LogP contribution in [0.15, 0.2) is 18.2 Å². The smallest absolute Gasteiger partial charge is 0.119 e. The van der Waals surface area contributed by atoms with E-state index in [1.54, 1.807) is 12.1 Å². The van der Waals surface area contributed by atoms with E-state index in [9.17, 15) is 10.2 Å². The van der Waals surface area contributed by atoms with Gasteiger partial charge in [-0.15, -0.1) is 0 Å². The Morgan fingerprint density at radius 1 is 1.19 bits per heavy atom. The first-order valence-corrected chi connectivity index (χ1v) is 5.85. The minimum atomic E-state index is -0.104. The largest absolute Gasteiger partial charge is 0.508 e. The summed E-state index contributed by atoms with van der Waals surface area (Å²) in [5, 5.41) is 19.3. The van der Waals surface area contributed by atoms with E-state index in [0.717, 1.165) is 18.4 Å². The van der Waals surface area contributed by atoms with E-state index in [-0.39, 0.29) is 16.9 Å². The highest BCUT2D eigenvalue weighted by Gasteiger charge is 2.24. The standard InChI is InChI=1S/C14H22O2/c1-10(2)7-8-14(3,4)12-9-11(15)5-6-13(12)16/h5-6,9-10,15-16H,7-8H2,1-4H3. The molecule has 0 atom stereocenters. The van der Waals surface area contributed by atoms with Crippen molar-refractivity contribution in [3.63, 3.8) is 0 Å². The number of phenolic OH excluding ortho intramolecular Hbond substituents is 2. The van der Waals surface area contributed by atoms with Crippen LogP contribution < -0.4 is 0 Å². The highest BCUT2D eigenvalue weighted by Crippen LogP contribution is 2.37. The molecule has 0 aliphatic carbocycles. The molecule has 0 aromatic heterocycles. The van der Waals surface area contributed by atoms with Gasteiger partial charge in [-0.3, -0.25) is 0 Å². The molecule has 1 aromatic carbocycles. The van der Waals surface area contributed by atoms with E-state index in [1.807, 2.05) is 0 Å². The van der Waals surface area contributed by atoms with Crippen molar-refractivity contribution in [2.24, 2.45) is 5.92 Å². The molecule has 0 fully saturated rings. The van der Waals surface area contributed by atoms with E-state index in [0.29, 0.717) is 5.92 Å². The second kappa shape index (κ2) is 4.77. The van der Waals surface area contributed by atoms with Gasteiger partial charge in [-0.1, -0.05) is 34.1 Å². The molecule has 0 unspecified atom stereocenters. The third-order valence-corrected chi connectivity index (χ3v) is 3.06. The van der Waals surface area contributed by atoms with Gasteiger partial charge in [0, 0.05) is 5.56 Å². The van der Waals surface area contributed by atoms with Crippen molar-refractivity contribution >= 4 is 0 Å². The van der Waals surface area contributed by atoms with Crippen LogP contribution in [-0.4, -0.2) is 10.2 Å². The average Bonchev–Trinajstić information content (AvgIpc) is 2.19. The average molecular weight is 222 g/mol. The van der Waals surface area contributed by atoms with E-state index >= 15 is 0 Å². The molecule has 0 aliphatic heterocycles. The van der Waals surface area contributed by atoms with Crippen LogP contribution >= 0.6 is 0 Å². The lowest BCUT2D eigenvalue weighted by molar-refractivity contribution is 0.384. The zero-order valence-electron chi connectivity index (χ0n) is 10.6. The Hall–Kier alpha value is -1.18. The number of aromatic hydroxyl groups is 2. The number of hydrogen-bond acceptors (Lipinski definition) is 2. The maximum Gasteiger partial charge on any atom is 0.119 e. The lowest BCUT2D eigenvalue weighted by atomic mass is 9.78. The van der Waals surface area contributed by atoms with Gasteiger partial charge in [-0.25, -0.2) is 0 Å². The predicted molar refractivity (Wildman–Crippen MR) is 66.9 cm³/mol. The number of phenols is 2. The van der Waals surface area contributed by atoms with Gasteiger partial charge in [0.25, 0.3) is 0 Å². The third-order valence-electron chi connectivity index (χ3n) is 3.06. The predicted octanol–water partition coefficient (Wildman–Crippen LogP) is 3.81. The maximum absolute atomic E-state index is 9.82. The summed E-state index contributed by atoms with van der Waals surface area (Å²) in [5.41, 5.74) is 0.723. The van der Waals surface area contributed by atoms with Gasteiger partial charge in [0.05, 0.1) is 0 Å². The Bertz CT molecular complexity index is 354. The van der Waals surface area contributed by atoms with Gasteiger partial charge in [-0.2, -0.15) is 0 Å². The summed E-state index contributed by atoms with van der Waals surface area (Å²) < 4.78 is 0. The van der Waals surface area contributed by atoms with Crippen LogP contribution in [0.2, 0.25) is 0 Å². The molecule has 2 nitrogen and oxygen atoms in total. The molecule has 0 spiro atoms. The quantitative estimate of drug-likeness (QED) is 0.760. The molecule has 2 N–H and O–H groups in total. The Balaban J connectivity index is 2.92. The first kappa shape index (κ1) is 12.9. The topological polar surface area (TPSA) is 40.5 Å². The Morgan fingerprint density at radius 2 is 1.81 bits per heavy atom. The summed E-state index contributed by atoms with van der Waals surface area (Å²) in [5.74, 6) is 1.13. The molecule has 90 valence electrons. The monoisotopic (exact) mass is 222 g/mol. The van der Waals surface area contributed by atoms with Crippen LogP contribution in [0.25, 0.3) is 0 Å². The zero-order valence-corrected chi connectivity index (χ0v) is 10.6. The van der Waals surface area contributed by atoms with Crippen LogP contribution in [0.3, 0.4) is 0 Å². The summed E-state index contributed by atoms with van der Waals surface area (Å²) in [4.78, 5) is 0. The van der Waals surface area contributed by atoms with Crippen LogP contribution in [0.1, 0.15) is 46.1 Å². The van der Waals surface area contributed by atoms with Crippen molar-refractivity contribution < 1.29 is 10.2 Å². The van der Waals surface area contributed by atoms with Gasteiger partial charge in [-0.05, 0) is 36.0 Å². The van der Waals surface area contributed by atoms with Crippen molar-refractivity contribution in [2.75, 3.05) is 0 Å². The van der Waals surface area contributed by atoms with Gasteiger partial charge >= 0.3 is 0 Å². The number of benzene rings is 1. The highest BCUT2D eigenvalue weighted by atomic mass is 16.3. The molecule has 0 bridgehead atoms. The number of hydrogen-bond donors (Lipinski definition) is 2. The molecule has 0 heterocycles. The lowest BCUT2D eigenvalue weighted by Gasteiger charge is -2.27. The first-order valence-electron chi connectivity index (χ1n) is 5.85.